The van der Waals surface area contributed by atoms with Crippen molar-refractivity contribution in [1.82, 2.24) is 5.43 Å². The fraction of sp³-hybridized carbons (Fsp3) is 0.0833. The van der Waals surface area contributed by atoms with E-state index in [0.29, 0.717) is 18.0 Å². The predicted molar refractivity (Wildman–Crippen MR) is 112 cm³/mol. The Hall–Kier alpha value is -3.86. The van der Waals surface area contributed by atoms with E-state index in [-0.39, 0.29) is 11.5 Å². The minimum absolute atomic E-state index is 0.0875. The second kappa shape index (κ2) is 8.02. The molecule has 0 unspecified atom stereocenters. The van der Waals surface area contributed by atoms with Crippen LogP contribution >= 0.6 is 0 Å². The summed E-state index contributed by atoms with van der Waals surface area (Å²) in [6.07, 6.45) is 1.58. The van der Waals surface area contributed by atoms with Crippen LogP contribution in [0.25, 0.3) is 6.08 Å². The van der Waals surface area contributed by atoms with Gasteiger partial charge in [0, 0.05) is 0 Å². The Balaban J connectivity index is 1.50. The number of rotatable bonds is 5. The van der Waals surface area contributed by atoms with Gasteiger partial charge in [0.1, 0.15) is 17.9 Å². The zero-order valence-corrected chi connectivity index (χ0v) is 16.0. The van der Waals surface area contributed by atoms with E-state index >= 15 is 0 Å². The first kappa shape index (κ1) is 18.5. The van der Waals surface area contributed by atoms with Crippen LogP contribution in [0.5, 0.6) is 5.75 Å². The summed E-state index contributed by atoms with van der Waals surface area (Å²) in [7, 11) is 0. The highest BCUT2D eigenvalue weighted by atomic mass is 16.5. The number of anilines is 1. The molecular weight excluding hydrogens is 364 g/mol. The number of hydrazine groups is 1. The molecule has 1 saturated heterocycles. The maximum atomic E-state index is 12.7. The van der Waals surface area contributed by atoms with Crippen LogP contribution in [0.2, 0.25) is 0 Å². The van der Waals surface area contributed by atoms with E-state index in [4.69, 9.17) is 4.74 Å². The summed E-state index contributed by atoms with van der Waals surface area (Å²) in [5, 5.41) is 1.26. The van der Waals surface area contributed by atoms with Gasteiger partial charge in [0.25, 0.3) is 11.8 Å². The standard InChI is InChI=1S/C24H20N2O3/c1-17-10-12-18(13-11-17)16-29-21-9-5-6-19(14-21)15-22-23(27)25-26(24(22)28)20-7-3-2-4-8-20/h2-15H,16H2,1H3,(H,25,27)/b22-15+. The number of hydrogen-bond donors (Lipinski definition) is 1. The third-order valence-corrected chi connectivity index (χ3v) is 4.60. The van der Waals surface area contributed by atoms with E-state index in [2.05, 4.69) is 5.43 Å². The Morgan fingerprint density at radius 1 is 0.931 bits per heavy atom. The highest BCUT2D eigenvalue weighted by molar-refractivity contribution is 6.31. The topological polar surface area (TPSA) is 58.6 Å². The van der Waals surface area contributed by atoms with Crippen LogP contribution in [0.4, 0.5) is 5.69 Å². The molecule has 0 saturated carbocycles. The summed E-state index contributed by atoms with van der Waals surface area (Å²) in [5.41, 5.74) is 6.30. The molecule has 1 fully saturated rings. The predicted octanol–water partition coefficient (Wildman–Crippen LogP) is 4.04. The largest absolute Gasteiger partial charge is 0.489 e. The number of ether oxygens (including phenoxy) is 1. The van der Waals surface area contributed by atoms with Crippen molar-refractivity contribution >= 4 is 23.6 Å². The highest BCUT2D eigenvalue weighted by Crippen LogP contribution is 2.23. The van der Waals surface area contributed by atoms with Gasteiger partial charge in [0.05, 0.1) is 5.69 Å². The van der Waals surface area contributed by atoms with Gasteiger partial charge < -0.3 is 4.74 Å². The molecule has 1 N–H and O–H groups in total. The van der Waals surface area contributed by atoms with Crippen molar-refractivity contribution in [2.24, 2.45) is 0 Å². The van der Waals surface area contributed by atoms with Gasteiger partial charge in [-0.25, -0.2) is 5.01 Å². The summed E-state index contributed by atoms with van der Waals surface area (Å²) in [6.45, 7) is 2.49. The van der Waals surface area contributed by atoms with Gasteiger partial charge >= 0.3 is 0 Å². The Morgan fingerprint density at radius 3 is 2.45 bits per heavy atom. The van der Waals surface area contributed by atoms with Crippen molar-refractivity contribution < 1.29 is 14.3 Å². The van der Waals surface area contributed by atoms with Gasteiger partial charge in [-0.05, 0) is 48.4 Å². The van der Waals surface area contributed by atoms with E-state index in [0.717, 1.165) is 11.1 Å². The van der Waals surface area contributed by atoms with Gasteiger partial charge in [0.15, 0.2) is 0 Å². The summed E-state index contributed by atoms with van der Waals surface area (Å²) in [6, 6.07) is 24.5. The van der Waals surface area contributed by atoms with Crippen molar-refractivity contribution in [2.75, 3.05) is 5.01 Å². The lowest BCUT2D eigenvalue weighted by atomic mass is 10.1. The smallest absolute Gasteiger partial charge is 0.282 e. The van der Waals surface area contributed by atoms with E-state index in [1.165, 1.54) is 10.6 Å². The molecule has 0 aliphatic carbocycles. The molecule has 0 atom stereocenters. The Morgan fingerprint density at radius 2 is 1.69 bits per heavy atom. The van der Waals surface area contributed by atoms with Crippen molar-refractivity contribution in [3.63, 3.8) is 0 Å². The number of nitrogens with zero attached hydrogens (tertiary/aromatic N) is 1. The van der Waals surface area contributed by atoms with Crippen LogP contribution in [0, 0.1) is 6.92 Å². The minimum atomic E-state index is -0.426. The normalized spacial score (nSPS) is 14.9. The minimum Gasteiger partial charge on any atom is -0.489 e. The molecule has 1 heterocycles. The number of carbonyl (C=O) groups excluding carboxylic acids is 2. The van der Waals surface area contributed by atoms with Crippen molar-refractivity contribution in [2.45, 2.75) is 13.5 Å². The van der Waals surface area contributed by atoms with E-state index in [9.17, 15) is 9.59 Å². The molecule has 1 aliphatic heterocycles. The average molecular weight is 384 g/mol. The van der Waals surface area contributed by atoms with Crippen LogP contribution in [0.1, 0.15) is 16.7 Å². The van der Waals surface area contributed by atoms with Crippen molar-refractivity contribution in [3.05, 3.63) is 101 Å². The number of para-hydroxylation sites is 1. The lowest BCUT2D eigenvalue weighted by molar-refractivity contribution is -0.117. The molecule has 3 aromatic carbocycles. The summed E-state index contributed by atoms with van der Waals surface area (Å²) < 4.78 is 5.86. The average Bonchev–Trinajstić information content (AvgIpc) is 3.03. The third kappa shape index (κ3) is 4.19. The monoisotopic (exact) mass is 384 g/mol. The quantitative estimate of drug-likeness (QED) is 0.534. The van der Waals surface area contributed by atoms with Crippen LogP contribution in [-0.2, 0) is 16.2 Å². The first-order valence-electron chi connectivity index (χ1n) is 9.31. The molecule has 29 heavy (non-hydrogen) atoms. The summed E-state index contributed by atoms with van der Waals surface area (Å²) in [4.78, 5) is 25.0. The first-order valence-corrected chi connectivity index (χ1v) is 9.31. The molecule has 5 heteroatoms. The van der Waals surface area contributed by atoms with Gasteiger partial charge in [-0.15, -0.1) is 0 Å². The second-order valence-electron chi connectivity index (χ2n) is 6.82. The summed E-state index contributed by atoms with van der Waals surface area (Å²) >= 11 is 0. The number of amides is 2. The van der Waals surface area contributed by atoms with E-state index < -0.39 is 5.91 Å². The van der Waals surface area contributed by atoms with Gasteiger partial charge in [-0.3, -0.25) is 15.0 Å². The fourth-order valence-corrected chi connectivity index (χ4v) is 3.03. The molecule has 2 amide bonds. The molecule has 4 rings (SSSR count). The molecule has 0 bridgehead atoms. The number of hydrogen-bond acceptors (Lipinski definition) is 3. The molecular formula is C24H20N2O3. The Bertz CT molecular complexity index is 1070. The second-order valence-corrected chi connectivity index (χ2v) is 6.82. The third-order valence-electron chi connectivity index (χ3n) is 4.60. The lowest BCUT2D eigenvalue weighted by Crippen LogP contribution is -2.35. The van der Waals surface area contributed by atoms with Crippen molar-refractivity contribution in [3.8, 4) is 5.75 Å². The fourth-order valence-electron chi connectivity index (χ4n) is 3.03. The van der Waals surface area contributed by atoms with Crippen LogP contribution in [0.15, 0.2) is 84.4 Å². The Labute approximate surface area is 169 Å². The molecule has 5 nitrogen and oxygen atoms in total. The van der Waals surface area contributed by atoms with Gasteiger partial charge in [-0.1, -0.05) is 60.2 Å². The summed E-state index contributed by atoms with van der Waals surface area (Å²) in [5.74, 6) is -0.136. The molecule has 0 aromatic heterocycles. The Kier molecular flexibility index (Phi) is 5.12. The molecule has 1 aliphatic rings. The lowest BCUT2D eigenvalue weighted by Gasteiger charge is -2.13. The van der Waals surface area contributed by atoms with Gasteiger partial charge in [0.2, 0.25) is 0 Å². The van der Waals surface area contributed by atoms with E-state index in [1.807, 2.05) is 73.7 Å². The number of benzene rings is 3. The number of aryl methyl sites for hydroxylation is 1. The highest BCUT2D eigenvalue weighted by Gasteiger charge is 2.34. The SMILES string of the molecule is Cc1ccc(COc2cccc(/C=C3\C(=O)NN(c4ccccc4)C3=O)c2)cc1. The molecule has 0 spiro atoms. The number of nitrogens with one attached hydrogen (secondary N) is 1. The molecule has 0 radical (unpaired) electrons. The zero-order chi connectivity index (χ0) is 20.2. The maximum absolute atomic E-state index is 12.7. The zero-order valence-electron chi connectivity index (χ0n) is 16.0. The molecule has 3 aromatic rings. The van der Waals surface area contributed by atoms with E-state index in [1.54, 1.807) is 18.2 Å². The van der Waals surface area contributed by atoms with Gasteiger partial charge in [-0.2, -0.15) is 0 Å². The maximum Gasteiger partial charge on any atom is 0.282 e. The van der Waals surface area contributed by atoms with Crippen LogP contribution < -0.4 is 15.2 Å². The number of carbonyl (C=O) groups is 2. The van der Waals surface area contributed by atoms with Crippen LogP contribution in [0.3, 0.4) is 0 Å². The van der Waals surface area contributed by atoms with Crippen LogP contribution in [-0.4, -0.2) is 11.8 Å². The molecule has 144 valence electrons. The first-order chi connectivity index (χ1) is 14.1. The van der Waals surface area contributed by atoms with Crippen molar-refractivity contribution in [1.29, 1.82) is 0 Å².